The Balaban J connectivity index is 2.14. The van der Waals surface area contributed by atoms with Crippen molar-refractivity contribution < 1.29 is 17.9 Å². The van der Waals surface area contributed by atoms with Crippen molar-refractivity contribution in [2.24, 2.45) is 0 Å². The highest BCUT2D eigenvalue weighted by Gasteiger charge is 2.17. The molecule has 2 rings (SSSR count). The third kappa shape index (κ3) is 4.93. The number of hydrogen-bond acceptors (Lipinski definition) is 4. The van der Waals surface area contributed by atoms with Crippen LogP contribution in [0.25, 0.3) is 6.08 Å². The van der Waals surface area contributed by atoms with E-state index in [4.69, 9.17) is 4.74 Å². The lowest BCUT2D eigenvalue weighted by Crippen LogP contribution is -2.22. The lowest BCUT2D eigenvalue weighted by Gasteiger charge is -2.12. The molecule has 2 aromatic rings. The van der Waals surface area contributed by atoms with Crippen LogP contribution in [0.4, 0.5) is 5.69 Å². The summed E-state index contributed by atoms with van der Waals surface area (Å²) in [5, 5.41) is 2.67. The quantitative estimate of drug-likeness (QED) is 0.756. The number of sulfonamides is 1. The van der Waals surface area contributed by atoms with Gasteiger partial charge in [0.2, 0.25) is 15.9 Å². The van der Waals surface area contributed by atoms with E-state index in [-0.39, 0.29) is 10.8 Å². The molecule has 0 aliphatic carbocycles. The summed E-state index contributed by atoms with van der Waals surface area (Å²) in [6, 6.07) is 13.5. The zero-order valence-corrected chi connectivity index (χ0v) is 15.8. The number of amides is 1. The Morgan fingerprint density at radius 1 is 1.15 bits per heavy atom. The van der Waals surface area contributed by atoms with E-state index in [0.29, 0.717) is 18.0 Å². The molecule has 0 aromatic heterocycles. The van der Waals surface area contributed by atoms with Crippen LogP contribution in [0.15, 0.2) is 59.5 Å². The van der Waals surface area contributed by atoms with Gasteiger partial charge in [0.05, 0.1) is 11.5 Å². The Bertz CT molecular complexity index is 905. The van der Waals surface area contributed by atoms with Crippen LogP contribution in [-0.4, -0.2) is 39.3 Å². The topological polar surface area (TPSA) is 75.7 Å². The Kier molecular flexibility index (Phi) is 6.54. The van der Waals surface area contributed by atoms with Crippen molar-refractivity contribution in [1.82, 2.24) is 4.31 Å². The molecule has 0 aliphatic heterocycles. The molecular formula is C19H22N2O4S. The minimum Gasteiger partial charge on any atom is -0.493 e. The monoisotopic (exact) mass is 374 g/mol. The van der Waals surface area contributed by atoms with Gasteiger partial charge in [-0.05, 0) is 37.3 Å². The molecule has 0 heterocycles. The third-order valence-electron chi connectivity index (χ3n) is 3.51. The zero-order chi connectivity index (χ0) is 19.2. The van der Waals surface area contributed by atoms with E-state index in [1.165, 1.54) is 32.3 Å². The van der Waals surface area contributed by atoms with Crippen molar-refractivity contribution in [1.29, 1.82) is 0 Å². The smallest absolute Gasteiger partial charge is 0.248 e. The predicted octanol–water partition coefficient (Wildman–Crippen LogP) is 2.99. The van der Waals surface area contributed by atoms with Crippen molar-refractivity contribution in [2.45, 2.75) is 11.8 Å². The third-order valence-corrected chi connectivity index (χ3v) is 5.32. The van der Waals surface area contributed by atoms with E-state index in [0.717, 1.165) is 9.87 Å². The maximum Gasteiger partial charge on any atom is 0.248 e. The van der Waals surface area contributed by atoms with Crippen molar-refractivity contribution >= 4 is 27.7 Å². The van der Waals surface area contributed by atoms with Gasteiger partial charge in [-0.25, -0.2) is 12.7 Å². The summed E-state index contributed by atoms with van der Waals surface area (Å²) in [7, 11) is -0.640. The van der Waals surface area contributed by atoms with E-state index in [2.05, 4.69) is 5.32 Å². The molecule has 0 saturated heterocycles. The van der Waals surface area contributed by atoms with Crippen LogP contribution in [0.3, 0.4) is 0 Å². The van der Waals surface area contributed by atoms with E-state index in [1.54, 1.807) is 18.2 Å². The maximum absolute atomic E-state index is 12.2. The molecule has 0 bridgehead atoms. The fourth-order valence-corrected chi connectivity index (χ4v) is 3.15. The number of anilines is 1. The summed E-state index contributed by atoms with van der Waals surface area (Å²) in [4.78, 5) is 12.3. The number of para-hydroxylation sites is 1. The van der Waals surface area contributed by atoms with Crippen molar-refractivity contribution in [3.63, 3.8) is 0 Å². The average Bonchev–Trinajstić information content (AvgIpc) is 2.61. The minimum atomic E-state index is -3.55. The summed E-state index contributed by atoms with van der Waals surface area (Å²) in [5.74, 6) is 0.328. The number of benzene rings is 2. The number of rotatable bonds is 7. The molecule has 0 fully saturated rings. The van der Waals surface area contributed by atoms with Crippen molar-refractivity contribution in [2.75, 3.05) is 26.0 Å². The van der Waals surface area contributed by atoms with E-state index >= 15 is 0 Å². The number of carbonyl (C=O) groups excluding carboxylic acids is 1. The Hall–Kier alpha value is -2.64. The van der Waals surface area contributed by atoms with Gasteiger partial charge in [-0.1, -0.05) is 24.3 Å². The number of hydrogen-bond donors (Lipinski definition) is 1. The number of ether oxygens (including phenoxy) is 1. The minimum absolute atomic E-state index is 0.117. The molecule has 26 heavy (non-hydrogen) atoms. The first-order chi connectivity index (χ1) is 12.3. The van der Waals surface area contributed by atoms with Crippen LogP contribution in [0, 0.1) is 0 Å². The second kappa shape index (κ2) is 8.64. The standard InChI is InChI=1S/C19H22N2O4S/c1-4-25-18-11-6-5-8-15(18)12-13-19(22)20-16-9-7-10-17(14-16)26(23,24)21(2)3/h5-14H,4H2,1-3H3,(H,20,22)/b13-12+. The van der Waals surface area contributed by atoms with Gasteiger partial charge in [0, 0.05) is 31.4 Å². The second-order valence-electron chi connectivity index (χ2n) is 5.61. The molecule has 6 nitrogen and oxygen atoms in total. The normalized spacial score (nSPS) is 11.7. The van der Waals surface area contributed by atoms with Crippen LogP contribution in [0.2, 0.25) is 0 Å². The molecule has 1 amide bonds. The molecule has 0 unspecified atom stereocenters. The van der Waals surface area contributed by atoms with Gasteiger partial charge < -0.3 is 10.1 Å². The van der Waals surface area contributed by atoms with Crippen LogP contribution < -0.4 is 10.1 Å². The van der Waals surface area contributed by atoms with Crippen molar-refractivity contribution in [3.8, 4) is 5.75 Å². The van der Waals surface area contributed by atoms with Crippen LogP contribution in [-0.2, 0) is 14.8 Å². The lowest BCUT2D eigenvalue weighted by molar-refractivity contribution is -0.111. The SMILES string of the molecule is CCOc1ccccc1/C=C/C(=O)Nc1cccc(S(=O)(=O)N(C)C)c1. The van der Waals surface area contributed by atoms with Gasteiger partial charge in [-0.2, -0.15) is 0 Å². The van der Waals surface area contributed by atoms with Crippen LogP contribution >= 0.6 is 0 Å². The molecule has 1 N–H and O–H groups in total. The molecule has 0 radical (unpaired) electrons. The van der Waals surface area contributed by atoms with Crippen LogP contribution in [0.1, 0.15) is 12.5 Å². The Labute approximate surface area is 154 Å². The molecule has 0 aliphatic rings. The highest BCUT2D eigenvalue weighted by molar-refractivity contribution is 7.89. The predicted molar refractivity (Wildman–Crippen MR) is 103 cm³/mol. The number of nitrogens with one attached hydrogen (secondary N) is 1. The fourth-order valence-electron chi connectivity index (χ4n) is 2.20. The first kappa shape index (κ1) is 19.7. The molecule has 0 saturated carbocycles. The van der Waals surface area contributed by atoms with Crippen molar-refractivity contribution in [3.05, 3.63) is 60.2 Å². The molecule has 2 aromatic carbocycles. The highest BCUT2D eigenvalue weighted by atomic mass is 32.2. The second-order valence-corrected chi connectivity index (χ2v) is 7.76. The summed E-state index contributed by atoms with van der Waals surface area (Å²) in [6.45, 7) is 2.42. The van der Waals surface area contributed by atoms with Gasteiger partial charge >= 0.3 is 0 Å². The fraction of sp³-hybridized carbons (Fsp3) is 0.211. The van der Waals surface area contributed by atoms with Gasteiger partial charge in [0.1, 0.15) is 5.75 Å². The van der Waals surface area contributed by atoms with Gasteiger partial charge in [-0.3, -0.25) is 4.79 Å². The Morgan fingerprint density at radius 3 is 2.58 bits per heavy atom. The van der Waals surface area contributed by atoms with Gasteiger partial charge in [0.25, 0.3) is 0 Å². The zero-order valence-electron chi connectivity index (χ0n) is 15.0. The van der Waals surface area contributed by atoms with Gasteiger partial charge in [0.15, 0.2) is 0 Å². The Morgan fingerprint density at radius 2 is 1.88 bits per heavy atom. The summed E-state index contributed by atoms with van der Waals surface area (Å²) < 4.78 is 31.0. The summed E-state index contributed by atoms with van der Waals surface area (Å²) in [5.41, 5.74) is 1.19. The highest BCUT2D eigenvalue weighted by Crippen LogP contribution is 2.20. The van der Waals surface area contributed by atoms with Crippen LogP contribution in [0.5, 0.6) is 5.75 Å². The molecule has 7 heteroatoms. The van der Waals surface area contributed by atoms with E-state index in [1.807, 2.05) is 31.2 Å². The molecule has 0 spiro atoms. The average molecular weight is 374 g/mol. The lowest BCUT2D eigenvalue weighted by atomic mass is 10.2. The first-order valence-electron chi connectivity index (χ1n) is 8.08. The summed E-state index contributed by atoms with van der Waals surface area (Å²) >= 11 is 0. The van der Waals surface area contributed by atoms with E-state index < -0.39 is 10.0 Å². The maximum atomic E-state index is 12.2. The molecule has 0 atom stereocenters. The summed E-state index contributed by atoms with van der Waals surface area (Å²) in [6.07, 6.45) is 3.03. The molecule has 138 valence electrons. The number of nitrogens with zero attached hydrogens (tertiary/aromatic N) is 1. The molecular weight excluding hydrogens is 352 g/mol. The first-order valence-corrected chi connectivity index (χ1v) is 9.52. The van der Waals surface area contributed by atoms with E-state index in [9.17, 15) is 13.2 Å². The van der Waals surface area contributed by atoms with Gasteiger partial charge in [-0.15, -0.1) is 0 Å². The number of carbonyl (C=O) groups is 1. The largest absolute Gasteiger partial charge is 0.493 e.